The molecule has 9 heavy (non-hydrogen) atoms. The predicted molar refractivity (Wildman–Crippen MR) is 42.4 cm³/mol. The van der Waals surface area contributed by atoms with Crippen LogP contribution in [0.15, 0.2) is 0 Å². The van der Waals surface area contributed by atoms with Crippen LogP contribution in [0.5, 0.6) is 0 Å². The highest BCUT2D eigenvalue weighted by atomic mass is 32.2. The zero-order valence-electron chi connectivity index (χ0n) is 6.27. The van der Waals surface area contributed by atoms with Gasteiger partial charge in [0, 0.05) is 16.9 Å². The Labute approximate surface area is 61.4 Å². The van der Waals surface area contributed by atoms with E-state index in [1.165, 1.54) is 0 Å². The smallest absolute Gasteiger partial charge is 0.0630 e. The molecule has 1 nitrogen and oxygen atoms in total. The standard InChI is InChI=1S/C7H13NS/c1-7(2,3)9-6-4-5-8/h4,6H2,1-3H3. The van der Waals surface area contributed by atoms with Gasteiger partial charge in [0.15, 0.2) is 0 Å². The van der Waals surface area contributed by atoms with Gasteiger partial charge in [0.25, 0.3) is 0 Å². The molecule has 0 aliphatic heterocycles. The van der Waals surface area contributed by atoms with E-state index < -0.39 is 0 Å². The second-order valence-corrected chi connectivity index (χ2v) is 4.79. The molecule has 0 saturated carbocycles. The summed E-state index contributed by atoms with van der Waals surface area (Å²) < 4.78 is 0.316. The fourth-order valence-electron chi connectivity index (χ4n) is 0.403. The minimum absolute atomic E-state index is 0.316. The summed E-state index contributed by atoms with van der Waals surface area (Å²) in [5.41, 5.74) is 0. The molecule has 0 rings (SSSR count). The third-order valence-corrected chi connectivity index (χ3v) is 2.02. The second-order valence-electron chi connectivity index (χ2n) is 2.87. The van der Waals surface area contributed by atoms with Gasteiger partial charge in [-0.25, -0.2) is 0 Å². The monoisotopic (exact) mass is 143 g/mol. The largest absolute Gasteiger partial charge is 0.198 e. The molecular formula is C7H13NS. The second kappa shape index (κ2) is 3.79. The summed E-state index contributed by atoms with van der Waals surface area (Å²) in [5.74, 6) is 0.958. The molecule has 0 fully saturated rings. The van der Waals surface area contributed by atoms with E-state index in [0.29, 0.717) is 11.2 Å². The molecule has 0 aromatic carbocycles. The average molecular weight is 143 g/mol. The normalized spacial score (nSPS) is 10.9. The Kier molecular flexibility index (Phi) is 3.72. The molecule has 0 amide bonds. The quantitative estimate of drug-likeness (QED) is 0.554. The molecule has 0 spiro atoms. The third-order valence-electron chi connectivity index (χ3n) is 0.749. The van der Waals surface area contributed by atoms with Crippen LogP contribution in [0, 0.1) is 11.3 Å². The molecule has 52 valence electrons. The van der Waals surface area contributed by atoms with E-state index in [0.717, 1.165) is 5.75 Å². The summed E-state index contributed by atoms with van der Waals surface area (Å²) in [7, 11) is 0. The van der Waals surface area contributed by atoms with E-state index >= 15 is 0 Å². The van der Waals surface area contributed by atoms with E-state index in [9.17, 15) is 0 Å². The number of rotatable bonds is 2. The van der Waals surface area contributed by atoms with Gasteiger partial charge in [0.05, 0.1) is 6.07 Å². The first-order valence-electron chi connectivity index (χ1n) is 3.07. The van der Waals surface area contributed by atoms with E-state index in [4.69, 9.17) is 5.26 Å². The molecule has 0 aliphatic carbocycles. The minimum atomic E-state index is 0.316. The van der Waals surface area contributed by atoms with Crippen LogP contribution in [0.4, 0.5) is 0 Å². The van der Waals surface area contributed by atoms with Crippen LogP contribution >= 0.6 is 11.8 Å². The van der Waals surface area contributed by atoms with Crippen molar-refractivity contribution < 1.29 is 0 Å². The zero-order chi connectivity index (χ0) is 7.33. The first kappa shape index (κ1) is 8.84. The van der Waals surface area contributed by atoms with Gasteiger partial charge in [0.1, 0.15) is 0 Å². The molecule has 0 bridgehead atoms. The Hall–Kier alpha value is -0.160. The fourth-order valence-corrected chi connectivity index (χ4v) is 1.21. The molecule has 0 radical (unpaired) electrons. The topological polar surface area (TPSA) is 23.8 Å². The van der Waals surface area contributed by atoms with Crippen molar-refractivity contribution in [3.05, 3.63) is 0 Å². The van der Waals surface area contributed by atoms with Crippen molar-refractivity contribution in [3.8, 4) is 6.07 Å². The van der Waals surface area contributed by atoms with Crippen molar-refractivity contribution in [2.75, 3.05) is 5.75 Å². The van der Waals surface area contributed by atoms with Gasteiger partial charge in [-0.3, -0.25) is 0 Å². The van der Waals surface area contributed by atoms with E-state index in [1.807, 2.05) is 11.8 Å². The lowest BCUT2D eigenvalue weighted by Gasteiger charge is -2.15. The molecule has 0 N–H and O–H groups in total. The maximum Gasteiger partial charge on any atom is 0.0630 e. The van der Waals surface area contributed by atoms with Crippen molar-refractivity contribution in [1.82, 2.24) is 0 Å². The van der Waals surface area contributed by atoms with Gasteiger partial charge in [0.2, 0.25) is 0 Å². The van der Waals surface area contributed by atoms with Crippen LogP contribution in [0.1, 0.15) is 27.2 Å². The number of hydrogen-bond donors (Lipinski definition) is 0. The summed E-state index contributed by atoms with van der Waals surface area (Å²) >= 11 is 1.84. The van der Waals surface area contributed by atoms with Gasteiger partial charge < -0.3 is 0 Å². The van der Waals surface area contributed by atoms with Crippen LogP contribution in [-0.4, -0.2) is 10.5 Å². The molecule has 2 heteroatoms. The number of thioether (sulfide) groups is 1. The highest BCUT2D eigenvalue weighted by Gasteiger charge is 2.08. The van der Waals surface area contributed by atoms with Crippen molar-refractivity contribution in [2.24, 2.45) is 0 Å². The average Bonchev–Trinajstić information content (AvgIpc) is 1.63. The summed E-state index contributed by atoms with van der Waals surface area (Å²) in [6.45, 7) is 6.49. The van der Waals surface area contributed by atoms with E-state index in [2.05, 4.69) is 26.8 Å². The Morgan fingerprint density at radius 2 is 2.00 bits per heavy atom. The Morgan fingerprint density at radius 1 is 1.44 bits per heavy atom. The Balaban J connectivity index is 3.20. The van der Waals surface area contributed by atoms with Crippen LogP contribution in [0.25, 0.3) is 0 Å². The minimum Gasteiger partial charge on any atom is -0.198 e. The molecule has 0 heterocycles. The van der Waals surface area contributed by atoms with Crippen molar-refractivity contribution in [3.63, 3.8) is 0 Å². The number of nitriles is 1. The summed E-state index contributed by atoms with van der Waals surface area (Å²) in [5, 5.41) is 8.20. The first-order valence-corrected chi connectivity index (χ1v) is 4.06. The molecule has 0 aromatic heterocycles. The summed E-state index contributed by atoms with van der Waals surface area (Å²) in [6.07, 6.45) is 0.669. The van der Waals surface area contributed by atoms with E-state index in [-0.39, 0.29) is 0 Å². The molecule has 0 atom stereocenters. The molecular weight excluding hydrogens is 130 g/mol. The SMILES string of the molecule is CC(C)(C)SCCC#N. The molecule has 0 unspecified atom stereocenters. The van der Waals surface area contributed by atoms with Gasteiger partial charge in [-0.2, -0.15) is 17.0 Å². The predicted octanol–water partition coefficient (Wildman–Crippen LogP) is 2.43. The van der Waals surface area contributed by atoms with Crippen molar-refractivity contribution >= 4 is 11.8 Å². The van der Waals surface area contributed by atoms with Crippen LogP contribution in [0.2, 0.25) is 0 Å². The fraction of sp³-hybridized carbons (Fsp3) is 0.857. The molecule has 0 aromatic rings. The molecule has 0 aliphatic rings. The highest BCUT2D eigenvalue weighted by Crippen LogP contribution is 2.23. The Morgan fingerprint density at radius 3 is 2.33 bits per heavy atom. The van der Waals surface area contributed by atoms with Crippen LogP contribution < -0.4 is 0 Å². The first-order chi connectivity index (χ1) is 4.06. The van der Waals surface area contributed by atoms with Crippen LogP contribution in [-0.2, 0) is 0 Å². The number of hydrogen-bond acceptors (Lipinski definition) is 2. The van der Waals surface area contributed by atoms with E-state index in [1.54, 1.807) is 0 Å². The Bertz CT molecular complexity index is 107. The lowest BCUT2D eigenvalue weighted by molar-refractivity contribution is 0.802. The van der Waals surface area contributed by atoms with Gasteiger partial charge in [-0.1, -0.05) is 20.8 Å². The highest BCUT2D eigenvalue weighted by molar-refractivity contribution is 8.00. The lowest BCUT2D eigenvalue weighted by Crippen LogP contribution is -2.07. The number of nitrogens with zero attached hydrogens (tertiary/aromatic N) is 1. The molecule has 0 saturated heterocycles. The lowest BCUT2D eigenvalue weighted by atomic mass is 10.3. The van der Waals surface area contributed by atoms with Gasteiger partial charge in [-0.15, -0.1) is 0 Å². The summed E-state index contributed by atoms with van der Waals surface area (Å²) in [4.78, 5) is 0. The third kappa shape index (κ3) is 7.84. The maximum atomic E-state index is 8.20. The van der Waals surface area contributed by atoms with Gasteiger partial charge >= 0.3 is 0 Å². The van der Waals surface area contributed by atoms with Crippen molar-refractivity contribution in [1.29, 1.82) is 5.26 Å². The van der Waals surface area contributed by atoms with Crippen molar-refractivity contribution in [2.45, 2.75) is 31.9 Å². The maximum absolute atomic E-state index is 8.20. The van der Waals surface area contributed by atoms with Gasteiger partial charge in [-0.05, 0) is 0 Å². The zero-order valence-corrected chi connectivity index (χ0v) is 7.09. The van der Waals surface area contributed by atoms with Crippen LogP contribution in [0.3, 0.4) is 0 Å². The summed E-state index contributed by atoms with van der Waals surface area (Å²) in [6, 6.07) is 2.12.